The van der Waals surface area contributed by atoms with Crippen LogP contribution in [0.15, 0.2) is 0 Å². The van der Waals surface area contributed by atoms with E-state index < -0.39 is 0 Å². The lowest BCUT2D eigenvalue weighted by atomic mass is 9.75. The molecule has 0 bridgehead atoms. The van der Waals surface area contributed by atoms with E-state index in [2.05, 4.69) is 39.9 Å². The van der Waals surface area contributed by atoms with Crippen LogP contribution in [0.1, 0.15) is 60.3 Å². The van der Waals surface area contributed by atoms with Crippen molar-refractivity contribution < 1.29 is 0 Å². The fourth-order valence-corrected chi connectivity index (χ4v) is 1.77. The minimum absolute atomic E-state index is 0.491. The molecule has 0 amide bonds. The highest BCUT2D eigenvalue weighted by atomic mass is 14.9. The van der Waals surface area contributed by atoms with Gasteiger partial charge in [0.25, 0.3) is 0 Å². The molecule has 0 aromatic rings. The van der Waals surface area contributed by atoms with E-state index >= 15 is 0 Å². The van der Waals surface area contributed by atoms with Crippen LogP contribution in [0.4, 0.5) is 0 Å². The molecule has 1 atom stereocenters. The zero-order valence-corrected chi connectivity index (χ0v) is 10.8. The van der Waals surface area contributed by atoms with Crippen LogP contribution in [0.3, 0.4) is 0 Å². The van der Waals surface area contributed by atoms with Crippen LogP contribution >= 0.6 is 0 Å². The summed E-state index contributed by atoms with van der Waals surface area (Å²) < 4.78 is 0. The Morgan fingerprint density at radius 2 is 1.79 bits per heavy atom. The van der Waals surface area contributed by atoms with Crippen molar-refractivity contribution in [2.45, 2.75) is 60.3 Å². The first-order valence-corrected chi connectivity index (χ1v) is 6.27. The van der Waals surface area contributed by atoms with E-state index in [1.165, 1.54) is 32.2 Å². The molecule has 1 unspecified atom stereocenters. The third kappa shape index (κ3) is 4.99. The molecule has 14 heavy (non-hydrogen) atoms. The van der Waals surface area contributed by atoms with E-state index in [0.717, 1.165) is 12.5 Å². The van der Waals surface area contributed by atoms with Gasteiger partial charge in [-0.25, -0.2) is 0 Å². The predicted molar refractivity (Wildman–Crippen MR) is 65.6 cm³/mol. The molecule has 0 aliphatic heterocycles. The fourth-order valence-electron chi connectivity index (χ4n) is 1.77. The predicted octanol–water partition coefficient (Wildman–Crippen LogP) is 3.84. The molecule has 0 fully saturated rings. The molecule has 0 heterocycles. The quantitative estimate of drug-likeness (QED) is 0.586. The van der Waals surface area contributed by atoms with Crippen molar-refractivity contribution in [2.75, 3.05) is 13.1 Å². The molecule has 0 saturated carbocycles. The van der Waals surface area contributed by atoms with Gasteiger partial charge in [0.2, 0.25) is 0 Å². The van der Waals surface area contributed by atoms with Gasteiger partial charge in [-0.05, 0) is 24.3 Å². The summed E-state index contributed by atoms with van der Waals surface area (Å²) in [5, 5.41) is 3.50. The summed E-state index contributed by atoms with van der Waals surface area (Å²) in [6.45, 7) is 13.9. The van der Waals surface area contributed by atoms with Gasteiger partial charge < -0.3 is 5.32 Å². The van der Waals surface area contributed by atoms with Gasteiger partial charge in [0.15, 0.2) is 0 Å². The lowest BCUT2D eigenvalue weighted by molar-refractivity contribution is 0.186. The third-order valence-electron chi connectivity index (χ3n) is 3.52. The van der Waals surface area contributed by atoms with Gasteiger partial charge in [-0.15, -0.1) is 0 Å². The van der Waals surface area contributed by atoms with Crippen molar-refractivity contribution in [3.05, 3.63) is 0 Å². The van der Waals surface area contributed by atoms with Crippen LogP contribution in [0.5, 0.6) is 0 Å². The number of unbranched alkanes of at least 4 members (excludes halogenated alkanes) is 2. The normalized spacial score (nSPS) is 15.9. The van der Waals surface area contributed by atoms with Crippen molar-refractivity contribution >= 4 is 0 Å². The summed E-state index contributed by atoms with van der Waals surface area (Å²) in [4.78, 5) is 0. The molecule has 0 rings (SSSR count). The molecule has 1 nitrogen and oxygen atoms in total. The zero-order valence-electron chi connectivity index (χ0n) is 10.8. The molecular weight excluding hydrogens is 170 g/mol. The van der Waals surface area contributed by atoms with Gasteiger partial charge in [-0.3, -0.25) is 0 Å². The monoisotopic (exact) mass is 199 g/mol. The molecular formula is C13H29N. The molecule has 0 aromatic heterocycles. The van der Waals surface area contributed by atoms with E-state index in [-0.39, 0.29) is 0 Å². The topological polar surface area (TPSA) is 12.0 Å². The van der Waals surface area contributed by atoms with E-state index in [0.29, 0.717) is 5.41 Å². The average Bonchev–Trinajstić information content (AvgIpc) is 2.15. The Kier molecular flexibility index (Phi) is 7.26. The lowest BCUT2D eigenvalue weighted by Crippen LogP contribution is -2.36. The molecule has 0 spiro atoms. The Bertz CT molecular complexity index is 131. The Morgan fingerprint density at radius 1 is 1.14 bits per heavy atom. The van der Waals surface area contributed by atoms with Crippen LogP contribution in [0, 0.1) is 11.3 Å². The van der Waals surface area contributed by atoms with Gasteiger partial charge in [0, 0.05) is 6.54 Å². The maximum atomic E-state index is 3.50. The van der Waals surface area contributed by atoms with Crippen LogP contribution in [0.25, 0.3) is 0 Å². The van der Waals surface area contributed by atoms with Crippen molar-refractivity contribution in [3.63, 3.8) is 0 Å². The van der Waals surface area contributed by atoms with Gasteiger partial charge in [0.1, 0.15) is 0 Å². The first-order valence-electron chi connectivity index (χ1n) is 6.27. The Balaban J connectivity index is 3.96. The minimum atomic E-state index is 0.491. The summed E-state index contributed by atoms with van der Waals surface area (Å²) >= 11 is 0. The average molecular weight is 199 g/mol. The van der Waals surface area contributed by atoms with Crippen molar-refractivity contribution in [3.8, 4) is 0 Å². The highest BCUT2D eigenvalue weighted by Gasteiger charge is 2.26. The molecule has 0 aliphatic carbocycles. The van der Waals surface area contributed by atoms with E-state index in [1.54, 1.807) is 0 Å². The SMILES string of the molecule is CCCCCC(C)(CNCC)C(C)C. The smallest absolute Gasteiger partial charge is 0.000749 e. The maximum absolute atomic E-state index is 3.50. The minimum Gasteiger partial charge on any atom is -0.316 e. The Hall–Kier alpha value is -0.0400. The van der Waals surface area contributed by atoms with E-state index in [9.17, 15) is 0 Å². The van der Waals surface area contributed by atoms with Crippen LogP contribution in [0.2, 0.25) is 0 Å². The Labute approximate surface area is 90.7 Å². The second-order valence-corrected chi connectivity index (χ2v) is 5.05. The lowest BCUT2D eigenvalue weighted by Gasteiger charge is -2.34. The molecule has 1 heteroatoms. The van der Waals surface area contributed by atoms with E-state index in [4.69, 9.17) is 0 Å². The maximum Gasteiger partial charge on any atom is 0.000749 e. The molecule has 0 aliphatic rings. The van der Waals surface area contributed by atoms with Gasteiger partial charge in [-0.1, -0.05) is 53.9 Å². The van der Waals surface area contributed by atoms with Crippen molar-refractivity contribution in [2.24, 2.45) is 11.3 Å². The van der Waals surface area contributed by atoms with Crippen LogP contribution < -0.4 is 5.32 Å². The second-order valence-electron chi connectivity index (χ2n) is 5.05. The molecule has 0 saturated heterocycles. The Morgan fingerprint density at radius 3 is 2.21 bits per heavy atom. The summed E-state index contributed by atoms with van der Waals surface area (Å²) in [6.07, 6.45) is 5.46. The largest absolute Gasteiger partial charge is 0.316 e. The molecule has 0 radical (unpaired) electrons. The van der Waals surface area contributed by atoms with Gasteiger partial charge >= 0.3 is 0 Å². The first kappa shape index (κ1) is 14.0. The van der Waals surface area contributed by atoms with Gasteiger partial charge in [-0.2, -0.15) is 0 Å². The summed E-state index contributed by atoms with van der Waals surface area (Å²) in [6, 6.07) is 0. The summed E-state index contributed by atoms with van der Waals surface area (Å²) in [5.74, 6) is 0.776. The van der Waals surface area contributed by atoms with Gasteiger partial charge in [0.05, 0.1) is 0 Å². The van der Waals surface area contributed by atoms with Crippen LogP contribution in [-0.2, 0) is 0 Å². The summed E-state index contributed by atoms with van der Waals surface area (Å²) in [7, 11) is 0. The number of hydrogen-bond donors (Lipinski definition) is 1. The highest BCUT2D eigenvalue weighted by molar-refractivity contribution is 4.79. The van der Waals surface area contributed by atoms with Crippen molar-refractivity contribution in [1.82, 2.24) is 5.32 Å². The third-order valence-corrected chi connectivity index (χ3v) is 3.52. The molecule has 86 valence electrons. The highest BCUT2D eigenvalue weighted by Crippen LogP contribution is 2.32. The molecule has 0 aromatic carbocycles. The number of rotatable bonds is 8. The second kappa shape index (κ2) is 7.28. The zero-order chi connectivity index (χ0) is 11.0. The van der Waals surface area contributed by atoms with Crippen molar-refractivity contribution in [1.29, 1.82) is 0 Å². The summed E-state index contributed by atoms with van der Waals surface area (Å²) in [5.41, 5.74) is 0.491. The van der Waals surface area contributed by atoms with E-state index in [1.807, 2.05) is 0 Å². The first-order chi connectivity index (χ1) is 6.56. The molecule has 1 N–H and O–H groups in total. The fraction of sp³-hybridized carbons (Fsp3) is 1.00. The standard InChI is InChI=1S/C13H29N/c1-6-8-9-10-13(5,12(3)4)11-14-7-2/h12,14H,6-11H2,1-5H3. The number of hydrogen-bond acceptors (Lipinski definition) is 1. The van der Waals surface area contributed by atoms with Crippen LogP contribution in [-0.4, -0.2) is 13.1 Å². The number of nitrogens with one attached hydrogen (secondary N) is 1.